The first-order chi connectivity index (χ1) is 11.1. The van der Waals surface area contributed by atoms with E-state index in [1.807, 2.05) is 61.2 Å². The van der Waals surface area contributed by atoms with Crippen molar-refractivity contribution in [3.8, 4) is 0 Å². The van der Waals surface area contributed by atoms with Crippen LogP contribution >= 0.6 is 0 Å². The Balaban J connectivity index is 2.47. The molecular formula is C21H25NO. The Kier molecular flexibility index (Phi) is 5.75. The van der Waals surface area contributed by atoms with Gasteiger partial charge in [-0.05, 0) is 29.2 Å². The monoisotopic (exact) mass is 307 g/mol. The smallest absolute Gasteiger partial charge is 0.229 e. The summed E-state index contributed by atoms with van der Waals surface area (Å²) in [7, 11) is 0. The van der Waals surface area contributed by atoms with Crippen LogP contribution in [-0.4, -0.2) is 5.91 Å². The minimum Gasteiger partial charge on any atom is -0.307 e. The standard InChI is InChI=1S/C21H25NO/c1-5-17-11-7-8-13-19(17)15-22(21(23)16(3)4)20-14-10-9-12-18(20)6-2/h5,7-14,16H,1,6,15H2,2-4H3. The molecule has 0 fully saturated rings. The minimum absolute atomic E-state index is 0.0456. The van der Waals surface area contributed by atoms with Crippen LogP contribution in [0.25, 0.3) is 6.08 Å². The minimum atomic E-state index is -0.0456. The van der Waals surface area contributed by atoms with Gasteiger partial charge in [-0.3, -0.25) is 4.79 Å². The third-order valence-corrected chi connectivity index (χ3v) is 4.03. The van der Waals surface area contributed by atoms with Crippen molar-refractivity contribution >= 4 is 17.7 Å². The molecule has 0 N–H and O–H groups in total. The van der Waals surface area contributed by atoms with Crippen LogP contribution in [0, 0.1) is 5.92 Å². The quantitative estimate of drug-likeness (QED) is 0.728. The summed E-state index contributed by atoms with van der Waals surface area (Å²) in [6.45, 7) is 10.5. The van der Waals surface area contributed by atoms with Crippen LogP contribution in [0.15, 0.2) is 55.1 Å². The third-order valence-electron chi connectivity index (χ3n) is 4.03. The zero-order chi connectivity index (χ0) is 16.8. The number of rotatable bonds is 6. The Morgan fingerprint density at radius 2 is 1.70 bits per heavy atom. The molecule has 0 atom stereocenters. The molecule has 0 bridgehead atoms. The summed E-state index contributed by atoms with van der Waals surface area (Å²) >= 11 is 0. The highest BCUT2D eigenvalue weighted by atomic mass is 16.2. The summed E-state index contributed by atoms with van der Waals surface area (Å²) in [6, 6.07) is 16.2. The number of carbonyl (C=O) groups excluding carboxylic acids is 1. The Hall–Kier alpha value is -2.35. The van der Waals surface area contributed by atoms with Crippen molar-refractivity contribution in [2.75, 3.05) is 4.90 Å². The lowest BCUT2D eigenvalue weighted by molar-refractivity contribution is -0.121. The average Bonchev–Trinajstić information content (AvgIpc) is 2.59. The molecule has 23 heavy (non-hydrogen) atoms. The van der Waals surface area contributed by atoms with E-state index in [1.165, 1.54) is 5.56 Å². The van der Waals surface area contributed by atoms with E-state index in [0.717, 1.165) is 23.2 Å². The van der Waals surface area contributed by atoms with Crippen LogP contribution in [-0.2, 0) is 17.8 Å². The number of amides is 1. The highest BCUT2D eigenvalue weighted by Crippen LogP contribution is 2.26. The Morgan fingerprint density at radius 3 is 2.30 bits per heavy atom. The van der Waals surface area contributed by atoms with Gasteiger partial charge in [0.15, 0.2) is 0 Å². The molecule has 2 heteroatoms. The fourth-order valence-corrected chi connectivity index (χ4v) is 2.71. The molecule has 2 aromatic carbocycles. The van der Waals surface area contributed by atoms with E-state index in [0.29, 0.717) is 6.54 Å². The first-order valence-corrected chi connectivity index (χ1v) is 8.18. The second-order valence-corrected chi connectivity index (χ2v) is 5.96. The molecule has 0 saturated carbocycles. The van der Waals surface area contributed by atoms with Gasteiger partial charge in [-0.15, -0.1) is 0 Å². The molecule has 120 valence electrons. The van der Waals surface area contributed by atoms with Gasteiger partial charge in [0.25, 0.3) is 0 Å². The molecule has 0 unspecified atom stereocenters. The Bertz CT molecular complexity index is 688. The second-order valence-electron chi connectivity index (χ2n) is 5.96. The molecule has 0 aliphatic carbocycles. The topological polar surface area (TPSA) is 20.3 Å². The highest BCUT2D eigenvalue weighted by Gasteiger charge is 2.21. The van der Waals surface area contributed by atoms with Crippen molar-refractivity contribution in [1.29, 1.82) is 0 Å². The van der Waals surface area contributed by atoms with Crippen molar-refractivity contribution in [3.63, 3.8) is 0 Å². The fourth-order valence-electron chi connectivity index (χ4n) is 2.71. The van der Waals surface area contributed by atoms with Crippen LogP contribution in [0.5, 0.6) is 0 Å². The van der Waals surface area contributed by atoms with Crippen molar-refractivity contribution in [2.24, 2.45) is 5.92 Å². The van der Waals surface area contributed by atoms with Crippen molar-refractivity contribution in [3.05, 3.63) is 71.8 Å². The molecular weight excluding hydrogens is 282 g/mol. The van der Waals surface area contributed by atoms with E-state index < -0.39 is 0 Å². The first kappa shape index (κ1) is 17.0. The van der Waals surface area contributed by atoms with Crippen LogP contribution in [0.1, 0.15) is 37.5 Å². The number of benzene rings is 2. The zero-order valence-electron chi connectivity index (χ0n) is 14.3. The van der Waals surface area contributed by atoms with Crippen LogP contribution in [0.3, 0.4) is 0 Å². The molecule has 2 rings (SSSR count). The van der Waals surface area contributed by atoms with Gasteiger partial charge in [0, 0.05) is 11.6 Å². The maximum absolute atomic E-state index is 12.8. The molecule has 0 aliphatic heterocycles. The SMILES string of the molecule is C=Cc1ccccc1CN(C(=O)C(C)C)c1ccccc1CC. The highest BCUT2D eigenvalue weighted by molar-refractivity contribution is 5.95. The first-order valence-electron chi connectivity index (χ1n) is 8.18. The van der Waals surface area contributed by atoms with E-state index in [-0.39, 0.29) is 11.8 Å². The predicted molar refractivity (Wildman–Crippen MR) is 98.4 cm³/mol. The van der Waals surface area contributed by atoms with E-state index in [2.05, 4.69) is 25.6 Å². The van der Waals surface area contributed by atoms with Gasteiger partial charge in [-0.25, -0.2) is 0 Å². The number of para-hydroxylation sites is 1. The van der Waals surface area contributed by atoms with Crippen molar-refractivity contribution < 1.29 is 4.79 Å². The van der Waals surface area contributed by atoms with Crippen LogP contribution < -0.4 is 4.90 Å². The molecule has 1 amide bonds. The molecule has 0 spiro atoms. The molecule has 2 aromatic rings. The molecule has 0 aromatic heterocycles. The third kappa shape index (κ3) is 3.89. The molecule has 0 saturated heterocycles. The van der Waals surface area contributed by atoms with Crippen molar-refractivity contribution in [1.82, 2.24) is 0 Å². The van der Waals surface area contributed by atoms with Gasteiger partial charge in [-0.1, -0.05) is 75.9 Å². The normalized spacial score (nSPS) is 10.6. The number of hydrogen-bond acceptors (Lipinski definition) is 1. The van der Waals surface area contributed by atoms with Gasteiger partial charge < -0.3 is 4.90 Å². The Morgan fingerprint density at radius 1 is 1.09 bits per heavy atom. The second kappa shape index (κ2) is 7.77. The van der Waals surface area contributed by atoms with Crippen molar-refractivity contribution in [2.45, 2.75) is 33.7 Å². The van der Waals surface area contributed by atoms with Gasteiger partial charge in [0.1, 0.15) is 0 Å². The fraction of sp³-hybridized carbons (Fsp3) is 0.286. The van der Waals surface area contributed by atoms with Crippen LogP contribution in [0.2, 0.25) is 0 Å². The van der Waals surface area contributed by atoms with Gasteiger partial charge >= 0.3 is 0 Å². The number of aryl methyl sites for hydroxylation is 1. The summed E-state index contributed by atoms with van der Waals surface area (Å²) in [5, 5.41) is 0. The van der Waals surface area contributed by atoms with Crippen LogP contribution in [0.4, 0.5) is 5.69 Å². The molecule has 2 nitrogen and oxygen atoms in total. The largest absolute Gasteiger partial charge is 0.307 e. The summed E-state index contributed by atoms with van der Waals surface area (Å²) < 4.78 is 0. The maximum atomic E-state index is 12.8. The van der Waals surface area contributed by atoms with Gasteiger partial charge in [-0.2, -0.15) is 0 Å². The summed E-state index contributed by atoms with van der Waals surface area (Å²) in [5.41, 5.74) is 4.38. The lowest BCUT2D eigenvalue weighted by Gasteiger charge is -2.27. The van der Waals surface area contributed by atoms with E-state index in [4.69, 9.17) is 0 Å². The van der Waals surface area contributed by atoms with Gasteiger partial charge in [0.05, 0.1) is 6.54 Å². The van der Waals surface area contributed by atoms with E-state index >= 15 is 0 Å². The maximum Gasteiger partial charge on any atom is 0.229 e. The summed E-state index contributed by atoms with van der Waals surface area (Å²) in [6.07, 6.45) is 2.75. The number of anilines is 1. The van der Waals surface area contributed by atoms with E-state index in [1.54, 1.807) is 0 Å². The molecule has 0 radical (unpaired) electrons. The van der Waals surface area contributed by atoms with Gasteiger partial charge in [0.2, 0.25) is 5.91 Å². The molecule has 0 heterocycles. The zero-order valence-corrected chi connectivity index (χ0v) is 14.3. The number of carbonyl (C=O) groups is 1. The lowest BCUT2D eigenvalue weighted by Crippen LogP contribution is -2.34. The van der Waals surface area contributed by atoms with E-state index in [9.17, 15) is 4.79 Å². The predicted octanol–water partition coefficient (Wildman–Crippen LogP) is 5.08. The summed E-state index contributed by atoms with van der Waals surface area (Å²) in [4.78, 5) is 14.7. The average molecular weight is 307 g/mol. The Labute approximate surface area is 139 Å². The number of hydrogen-bond donors (Lipinski definition) is 0. The lowest BCUT2D eigenvalue weighted by atomic mass is 10.0. The number of nitrogens with zero attached hydrogens (tertiary/aromatic N) is 1. The summed E-state index contributed by atoms with van der Waals surface area (Å²) in [5.74, 6) is 0.0978. The molecule has 0 aliphatic rings.